The van der Waals surface area contributed by atoms with Gasteiger partial charge in [0.25, 0.3) is 0 Å². The molecule has 3 atom stereocenters. The van der Waals surface area contributed by atoms with Crippen molar-refractivity contribution in [2.45, 2.75) is 37.4 Å². The fourth-order valence-corrected chi connectivity index (χ4v) is 2.69. The summed E-state index contributed by atoms with van der Waals surface area (Å²) in [6, 6.07) is 8.36. The fourth-order valence-electron chi connectivity index (χ4n) is 2.69. The Morgan fingerprint density at radius 2 is 1.78 bits per heavy atom. The van der Waals surface area contributed by atoms with Gasteiger partial charge in [0.2, 0.25) is 11.7 Å². The van der Waals surface area contributed by atoms with E-state index < -0.39 is 35.5 Å². The third-order valence-corrected chi connectivity index (χ3v) is 3.65. The van der Waals surface area contributed by atoms with Gasteiger partial charge in [-0.2, -0.15) is 0 Å². The molecule has 0 radical (unpaired) electrons. The van der Waals surface area contributed by atoms with Gasteiger partial charge < -0.3 is 24.1 Å². The average Bonchev–Trinajstić information content (AvgIpc) is 2.86. The molecule has 7 nitrogen and oxygen atoms in total. The molecule has 1 heterocycles. The maximum atomic E-state index is 12.5. The van der Waals surface area contributed by atoms with E-state index in [2.05, 4.69) is 0 Å². The molecule has 0 aromatic heterocycles. The van der Waals surface area contributed by atoms with Crippen molar-refractivity contribution in [1.82, 2.24) is 0 Å². The van der Waals surface area contributed by atoms with Crippen LogP contribution >= 0.6 is 0 Å². The zero-order valence-corrected chi connectivity index (χ0v) is 13.4. The third kappa shape index (κ3) is 2.95. The van der Waals surface area contributed by atoms with Gasteiger partial charge in [0.15, 0.2) is 5.79 Å². The number of methoxy groups -OCH3 is 2. The molecular formula is C16H20O7. The van der Waals surface area contributed by atoms with Crippen LogP contribution in [-0.2, 0) is 28.5 Å². The lowest BCUT2D eigenvalue weighted by molar-refractivity contribution is -0.206. The van der Waals surface area contributed by atoms with Crippen molar-refractivity contribution < 1.29 is 33.6 Å². The number of carbonyl (C=O) groups excluding carboxylic acids is 2. The van der Waals surface area contributed by atoms with Crippen LogP contribution in [0.1, 0.15) is 25.5 Å². The zero-order chi connectivity index (χ0) is 17.3. The summed E-state index contributed by atoms with van der Waals surface area (Å²) in [5.74, 6) is -3.05. The summed E-state index contributed by atoms with van der Waals surface area (Å²) in [7, 11) is 2.30. The molecule has 1 aliphatic rings. The van der Waals surface area contributed by atoms with E-state index in [4.69, 9.17) is 18.9 Å². The highest BCUT2D eigenvalue weighted by Crippen LogP contribution is 2.45. The van der Waals surface area contributed by atoms with Crippen LogP contribution in [0.2, 0.25) is 0 Å². The van der Waals surface area contributed by atoms with E-state index in [9.17, 15) is 14.7 Å². The van der Waals surface area contributed by atoms with Gasteiger partial charge in [-0.05, 0) is 19.4 Å². The molecule has 0 bridgehead atoms. The quantitative estimate of drug-likeness (QED) is 0.825. The van der Waals surface area contributed by atoms with Gasteiger partial charge in [-0.25, -0.2) is 9.59 Å². The van der Waals surface area contributed by atoms with Crippen molar-refractivity contribution in [3.05, 3.63) is 35.9 Å². The standard InChI is InChI=1S/C16H20O7/c1-15(2)22-12(13(18)20-3)16(23-15,14(19)21-4)11(17)10-8-6-5-7-9-10/h5-9,11-12,17H,1-4H3/t11-,12+,16+/m0/s1. The molecule has 1 aliphatic heterocycles. The predicted molar refractivity (Wildman–Crippen MR) is 78.2 cm³/mol. The van der Waals surface area contributed by atoms with E-state index in [0.29, 0.717) is 5.56 Å². The summed E-state index contributed by atoms with van der Waals surface area (Å²) in [4.78, 5) is 24.6. The van der Waals surface area contributed by atoms with Crippen molar-refractivity contribution in [3.8, 4) is 0 Å². The third-order valence-electron chi connectivity index (χ3n) is 3.65. The van der Waals surface area contributed by atoms with Crippen LogP contribution in [0.3, 0.4) is 0 Å². The molecular weight excluding hydrogens is 304 g/mol. The van der Waals surface area contributed by atoms with E-state index >= 15 is 0 Å². The van der Waals surface area contributed by atoms with E-state index in [1.54, 1.807) is 30.3 Å². The number of ether oxygens (including phenoxy) is 4. The molecule has 1 aromatic rings. The smallest absolute Gasteiger partial charge is 0.344 e. The highest BCUT2D eigenvalue weighted by atomic mass is 16.8. The average molecular weight is 324 g/mol. The maximum absolute atomic E-state index is 12.5. The van der Waals surface area contributed by atoms with Gasteiger partial charge in [-0.3, -0.25) is 0 Å². The minimum absolute atomic E-state index is 0.383. The lowest BCUT2D eigenvalue weighted by Crippen LogP contribution is -2.56. The summed E-state index contributed by atoms with van der Waals surface area (Å²) in [6.07, 6.45) is -2.95. The van der Waals surface area contributed by atoms with Gasteiger partial charge in [-0.1, -0.05) is 30.3 Å². The molecule has 2 rings (SSSR count). The molecule has 1 saturated heterocycles. The van der Waals surface area contributed by atoms with E-state index in [0.717, 1.165) is 14.2 Å². The van der Waals surface area contributed by atoms with Gasteiger partial charge in [0, 0.05) is 0 Å². The summed E-state index contributed by atoms with van der Waals surface area (Å²) in [5.41, 5.74) is -1.68. The molecule has 1 aromatic carbocycles. The first kappa shape index (κ1) is 17.4. The normalized spacial score (nSPS) is 27.3. The van der Waals surface area contributed by atoms with Crippen LogP contribution in [0.25, 0.3) is 0 Å². The zero-order valence-electron chi connectivity index (χ0n) is 13.4. The van der Waals surface area contributed by atoms with Gasteiger partial charge in [-0.15, -0.1) is 0 Å². The van der Waals surface area contributed by atoms with Crippen LogP contribution in [0.5, 0.6) is 0 Å². The lowest BCUT2D eigenvalue weighted by atomic mass is 9.85. The second-order valence-corrected chi connectivity index (χ2v) is 5.62. The Morgan fingerprint density at radius 3 is 2.30 bits per heavy atom. The summed E-state index contributed by atoms with van der Waals surface area (Å²) in [5, 5.41) is 10.8. The minimum Gasteiger partial charge on any atom is -0.467 e. The molecule has 7 heteroatoms. The summed E-state index contributed by atoms with van der Waals surface area (Å²) < 4.78 is 20.7. The largest absolute Gasteiger partial charge is 0.467 e. The predicted octanol–water partition coefficient (Wildman–Crippen LogP) is 0.956. The van der Waals surface area contributed by atoms with Crippen LogP contribution in [-0.4, -0.2) is 48.8 Å². The molecule has 1 fully saturated rings. The first-order valence-corrected chi connectivity index (χ1v) is 7.05. The summed E-state index contributed by atoms with van der Waals surface area (Å²) in [6.45, 7) is 3.07. The highest BCUT2D eigenvalue weighted by molar-refractivity contribution is 5.91. The number of aliphatic hydroxyl groups is 1. The first-order valence-electron chi connectivity index (χ1n) is 7.05. The Kier molecular flexibility index (Phi) is 4.74. The van der Waals surface area contributed by atoms with Crippen molar-refractivity contribution in [2.24, 2.45) is 0 Å². The fraction of sp³-hybridized carbons (Fsp3) is 0.500. The molecule has 1 N–H and O–H groups in total. The van der Waals surface area contributed by atoms with Crippen LogP contribution in [0.4, 0.5) is 0 Å². The number of hydrogen-bond donors (Lipinski definition) is 1. The molecule has 0 spiro atoms. The topological polar surface area (TPSA) is 91.3 Å². The SMILES string of the molecule is COC(=O)[C@H]1OC(C)(C)O[C@]1(C(=O)OC)[C@@H](O)c1ccccc1. The number of aliphatic hydroxyl groups excluding tert-OH is 1. The molecule has 0 aliphatic carbocycles. The Hall–Kier alpha value is -1.96. The Balaban J connectivity index is 2.58. The highest BCUT2D eigenvalue weighted by Gasteiger charge is 2.67. The Bertz CT molecular complexity index is 583. The minimum atomic E-state index is -2.06. The van der Waals surface area contributed by atoms with E-state index in [1.165, 1.54) is 13.8 Å². The Labute approximate surface area is 134 Å². The van der Waals surface area contributed by atoms with Crippen LogP contribution in [0.15, 0.2) is 30.3 Å². The van der Waals surface area contributed by atoms with Gasteiger partial charge >= 0.3 is 11.9 Å². The lowest BCUT2D eigenvalue weighted by Gasteiger charge is -2.33. The number of rotatable bonds is 4. The van der Waals surface area contributed by atoms with Crippen LogP contribution < -0.4 is 0 Å². The number of hydrogen-bond acceptors (Lipinski definition) is 7. The van der Waals surface area contributed by atoms with Crippen molar-refractivity contribution >= 4 is 11.9 Å². The molecule has 0 amide bonds. The van der Waals surface area contributed by atoms with Crippen molar-refractivity contribution in [2.75, 3.05) is 14.2 Å². The first-order chi connectivity index (χ1) is 10.8. The number of esters is 2. The molecule has 0 unspecified atom stereocenters. The van der Waals surface area contributed by atoms with Gasteiger partial charge in [0.1, 0.15) is 6.10 Å². The molecule has 23 heavy (non-hydrogen) atoms. The second-order valence-electron chi connectivity index (χ2n) is 5.62. The number of benzene rings is 1. The van der Waals surface area contributed by atoms with Crippen LogP contribution in [0, 0.1) is 0 Å². The van der Waals surface area contributed by atoms with Crippen molar-refractivity contribution in [1.29, 1.82) is 0 Å². The molecule has 126 valence electrons. The second kappa shape index (κ2) is 6.27. The molecule has 0 saturated carbocycles. The Morgan fingerprint density at radius 1 is 1.17 bits per heavy atom. The summed E-state index contributed by atoms with van der Waals surface area (Å²) >= 11 is 0. The number of carbonyl (C=O) groups is 2. The van der Waals surface area contributed by atoms with E-state index in [-0.39, 0.29) is 0 Å². The maximum Gasteiger partial charge on any atom is 0.344 e. The van der Waals surface area contributed by atoms with Crippen molar-refractivity contribution in [3.63, 3.8) is 0 Å². The van der Waals surface area contributed by atoms with Gasteiger partial charge in [0.05, 0.1) is 14.2 Å². The van der Waals surface area contributed by atoms with E-state index in [1.807, 2.05) is 0 Å². The monoisotopic (exact) mass is 324 g/mol.